The van der Waals surface area contributed by atoms with E-state index in [1.165, 1.54) is 42.8 Å². The van der Waals surface area contributed by atoms with Crippen molar-refractivity contribution in [3.8, 4) is 0 Å². The Morgan fingerprint density at radius 1 is 1.19 bits per heavy atom. The van der Waals surface area contributed by atoms with Gasteiger partial charge in [-0.1, -0.05) is 30.7 Å². The zero-order chi connectivity index (χ0) is 11.4. The van der Waals surface area contributed by atoms with Gasteiger partial charge in [-0.25, -0.2) is 0 Å². The minimum atomic E-state index is 1.14. The van der Waals surface area contributed by atoms with Gasteiger partial charge in [0.15, 0.2) is 0 Å². The first-order valence-electron chi connectivity index (χ1n) is 6.34. The number of allylic oxidation sites excluding steroid dienone is 2. The maximum Gasteiger partial charge on any atom is 0.0408 e. The van der Waals surface area contributed by atoms with Gasteiger partial charge in [0.05, 0.1) is 0 Å². The van der Waals surface area contributed by atoms with Gasteiger partial charge in [-0.15, -0.1) is 0 Å². The highest BCUT2D eigenvalue weighted by Gasteiger charge is 2.15. The Labute approximate surface area is 98.8 Å². The van der Waals surface area contributed by atoms with Crippen molar-refractivity contribution in [2.75, 3.05) is 11.4 Å². The summed E-state index contributed by atoms with van der Waals surface area (Å²) in [6.07, 6.45) is 7.40. The summed E-state index contributed by atoms with van der Waals surface area (Å²) in [5.41, 5.74) is 4.20. The van der Waals surface area contributed by atoms with E-state index in [9.17, 15) is 0 Å². The van der Waals surface area contributed by atoms with Gasteiger partial charge in [-0.05, 0) is 44.7 Å². The summed E-state index contributed by atoms with van der Waals surface area (Å²) < 4.78 is 0. The van der Waals surface area contributed by atoms with Crippen LogP contribution >= 0.6 is 0 Å². The van der Waals surface area contributed by atoms with Gasteiger partial charge in [-0.3, -0.25) is 0 Å². The second kappa shape index (κ2) is 5.20. The van der Waals surface area contributed by atoms with Crippen molar-refractivity contribution >= 4 is 5.69 Å². The minimum Gasteiger partial charge on any atom is -0.345 e. The van der Waals surface area contributed by atoms with Crippen molar-refractivity contribution in [1.82, 2.24) is 0 Å². The minimum absolute atomic E-state index is 1.14. The summed E-state index contributed by atoms with van der Waals surface area (Å²) in [4.78, 5) is 2.48. The Morgan fingerprint density at radius 2 is 1.94 bits per heavy atom. The topological polar surface area (TPSA) is 3.24 Å². The van der Waals surface area contributed by atoms with E-state index in [1.807, 2.05) is 0 Å². The fourth-order valence-electron chi connectivity index (χ4n) is 2.32. The van der Waals surface area contributed by atoms with Crippen LogP contribution in [0, 0.1) is 6.92 Å². The highest BCUT2D eigenvalue weighted by molar-refractivity contribution is 5.53. The number of aryl methyl sites for hydroxylation is 1. The number of rotatable bonds is 2. The van der Waals surface area contributed by atoms with Crippen LogP contribution in [0.3, 0.4) is 0 Å². The van der Waals surface area contributed by atoms with Gasteiger partial charge >= 0.3 is 0 Å². The summed E-state index contributed by atoms with van der Waals surface area (Å²) in [6, 6.07) is 8.88. The Morgan fingerprint density at radius 3 is 2.62 bits per heavy atom. The molecule has 1 fully saturated rings. The van der Waals surface area contributed by atoms with Crippen LogP contribution in [0.25, 0.3) is 0 Å². The molecule has 1 heterocycles. The van der Waals surface area contributed by atoms with Gasteiger partial charge < -0.3 is 4.90 Å². The van der Waals surface area contributed by atoms with Crippen LogP contribution in [-0.2, 0) is 0 Å². The third kappa shape index (κ3) is 2.46. The molecule has 1 aromatic carbocycles. The first-order chi connectivity index (χ1) is 7.81. The van der Waals surface area contributed by atoms with Crippen LogP contribution in [0.5, 0.6) is 0 Å². The summed E-state index contributed by atoms with van der Waals surface area (Å²) in [7, 11) is 0. The fraction of sp³-hybridized carbons (Fsp3) is 0.467. The smallest absolute Gasteiger partial charge is 0.0408 e. The van der Waals surface area contributed by atoms with Gasteiger partial charge in [-0.2, -0.15) is 0 Å². The molecule has 0 unspecified atom stereocenters. The summed E-state index contributed by atoms with van der Waals surface area (Å²) in [6.45, 7) is 5.53. The van der Waals surface area contributed by atoms with E-state index >= 15 is 0 Å². The Hall–Kier alpha value is -1.24. The second-order valence-corrected chi connectivity index (χ2v) is 4.55. The lowest BCUT2D eigenvalue weighted by atomic mass is 10.0. The van der Waals surface area contributed by atoms with Gasteiger partial charge in [0.2, 0.25) is 0 Å². The molecule has 1 aromatic rings. The van der Waals surface area contributed by atoms with E-state index in [1.54, 1.807) is 0 Å². The summed E-state index contributed by atoms with van der Waals surface area (Å²) in [5.74, 6) is 0. The number of anilines is 1. The van der Waals surface area contributed by atoms with Crippen LogP contribution in [0.1, 0.15) is 38.2 Å². The predicted octanol–water partition coefficient (Wildman–Crippen LogP) is 4.28. The van der Waals surface area contributed by atoms with Crippen molar-refractivity contribution in [2.45, 2.75) is 39.5 Å². The average molecular weight is 215 g/mol. The molecule has 16 heavy (non-hydrogen) atoms. The highest BCUT2D eigenvalue weighted by atomic mass is 15.1. The van der Waals surface area contributed by atoms with E-state index in [4.69, 9.17) is 0 Å². The lowest BCUT2D eigenvalue weighted by molar-refractivity contribution is 0.636. The number of benzene rings is 1. The van der Waals surface area contributed by atoms with Crippen molar-refractivity contribution in [3.63, 3.8) is 0 Å². The van der Waals surface area contributed by atoms with Crippen LogP contribution in [-0.4, -0.2) is 6.54 Å². The van der Waals surface area contributed by atoms with Crippen molar-refractivity contribution in [1.29, 1.82) is 0 Å². The number of hydrogen-bond donors (Lipinski definition) is 0. The number of nitrogens with zero attached hydrogens (tertiary/aromatic N) is 1. The lowest BCUT2D eigenvalue weighted by Gasteiger charge is -2.32. The first-order valence-corrected chi connectivity index (χ1v) is 6.34. The highest BCUT2D eigenvalue weighted by Crippen LogP contribution is 2.27. The molecule has 1 saturated heterocycles. The van der Waals surface area contributed by atoms with Gasteiger partial charge in [0.25, 0.3) is 0 Å². The van der Waals surface area contributed by atoms with E-state index in [2.05, 4.69) is 49.1 Å². The molecule has 86 valence electrons. The molecule has 0 N–H and O–H groups in total. The summed E-state index contributed by atoms with van der Waals surface area (Å²) in [5, 5.41) is 0. The second-order valence-electron chi connectivity index (χ2n) is 4.55. The molecule has 1 nitrogen and oxygen atoms in total. The molecular formula is C15H21N. The third-order valence-electron chi connectivity index (χ3n) is 3.20. The molecule has 0 saturated carbocycles. The van der Waals surface area contributed by atoms with Crippen molar-refractivity contribution in [3.05, 3.63) is 41.6 Å². The zero-order valence-corrected chi connectivity index (χ0v) is 10.4. The first kappa shape index (κ1) is 11.3. The van der Waals surface area contributed by atoms with Crippen LogP contribution in [0.4, 0.5) is 5.69 Å². The lowest BCUT2D eigenvalue weighted by Crippen LogP contribution is -2.27. The van der Waals surface area contributed by atoms with E-state index < -0.39 is 0 Å². The van der Waals surface area contributed by atoms with Gasteiger partial charge in [0.1, 0.15) is 0 Å². The van der Waals surface area contributed by atoms with Crippen LogP contribution in [0.15, 0.2) is 36.0 Å². The molecule has 0 radical (unpaired) electrons. The molecule has 0 aliphatic carbocycles. The van der Waals surface area contributed by atoms with Gasteiger partial charge in [0, 0.05) is 17.9 Å². The van der Waals surface area contributed by atoms with Crippen molar-refractivity contribution in [2.24, 2.45) is 0 Å². The molecule has 0 aromatic heterocycles. The number of piperidine rings is 1. The monoisotopic (exact) mass is 215 g/mol. The predicted molar refractivity (Wildman–Crippen MR) is 70.8 cm³/mol. The maximum atomic E-state index is 2.48. The quantitative estimate of drug-likeness (QED) is 0.711. The Balaban J connectivity index is 2.23. The Kier molecular flexibility index (Phi) is 3.66. The Bertz CT molecular complexity index is 362. The molecule has 0 bridgehead atoms. The molecular weight excluding hydrogens is 194 g/mol. The standard InChI is InChI=1S/C15H21N/c1-3-6-14-7-4-5-12-16(14)15-10-8-13(2)9-11-15/h6,8-11H,3-5,7,12H2,1-2H3/b14-6-. The zero-order valence-electron chi connectivity index (χ0n) is 10.4. The molecule has 2 rings (SSSR count). The molecule has 1 aliphatic rings. The summed E-state index contributed by atoms with van der Waals surface area (Å²) >= 11 is 0. The van der Waals surface area contributed by atoms with E-state index in [-0.39, 0.29) is 0 Å². The van der Waals surface area contributed by atoms with E-state index in [0.29, 0.717) is 0 Å². The van der Waals surface area contributed by atoms with Crippen LogP contribution < -0.4 is 4.90 Å². The normalized spacial score (nSPS) is 19.1. The van der Waals surface area contributed by atoms with E-state index in [0.717, 1.165) is 6.42 Å². The largest absolute Gasteiger partial charge is 0.345 e. The molecule has 0 atom stereocenters. The van der Waals surface area contributed by atoms with Crippen LogP contribution in [0.2, 0.25) is 0 Å². The molecule has 0 spiro atoms. The SMILES string of the molecule is CC/C=C1/CCCCN1c1ccc(C)cc1. The average Bonchev–Trinajstić information content (AvgIpc) is 2.32. The van der Waals surface area contributed by atoms with Crippen molar-refractivity contribution < 1.29 is 0 Å². The molecule has 1 aliphatic heterocycles. The molecule has 1 heteroatoms. The maximum absolute atomic E-state index is 2.48. The third-order valence-corrected chi connectivity index (χ3v) is 3.20. The molecule has 0 amide bonds. The number of hydrogen-bond acceptors (Lipinski definition) is 1. The fourth-order valence-corrected chi connectivity index (χ4v) is 2.32.